The molecule has 0 spiro atoms. The van der Waals surface area contributed by atoms with E-state index < -0.39 is 0 Å². The van der Waals surface area contributed by atoms with Gasteiger partial charge in [0.05, 0.1) is 7.11 Å². The van der Waals surface area contributed by atoms with Crippen LogP contribution in [0.25, 0.3) is 0 Å². The van der Waals surface area contributed by atoms with Crippen LogP contribution in [0.3, 0.4) is 0 Å². The van der Waals surface area contributed by atoms with Crippen LogP contribution in [0.15, 0.2) is 24.3 Å². The Balaban J connectivity index is 2.60. The van der Waals surface area contributed by atoms with Crippen molar-refractivity contribution in [3.63, 3.8) is 0 Å². The molecule has 0 fully saturated rings. The van der Waals surface area contributed by atoms with Gasteiger partial charge in [-0.25, -0.2) is 0 Å². The second-order valence-electron chi connectivity index (χ2n) is 5.84. The van der Waals surface area contributed by atoms with Gasteiger partial charge >= 0.3 is 0 Å². The van der Waals surface area contributed by atoms with E-state index in [9.17, 15) is 0 Å². The highest BCUT2D eigenvalue weighted by molar-refractivity contribution is 5.27. The predicted octanol–water partition coefficient (Wildman–Crippen LogP) is 4.04. The minimum absolute atomic E-state index is 0.350. The van der Waals surface area contributed by atoms with Crippen LogP contribution in [0.2, 0.25) is 0 Å². The molecule has 0 saturated carbocycles. The molecular weight excluding hydrogens is 234 g/mol. The van der Waals surface area contributed by atoms with E-state index in [1.165, 1.54) is 18.4 Å². The Kier molecular flexibility index (Phi) is 6.36. The van der Waals surface area contributed by atoms with Gasteiger partial charge in [-0.1, -0.05) is 39.8 Å². The van der Waals surface area contributed by atoms with Crippen molar-refractivity contribution in [2.45, 2.75) is 53.0 Å². The predicted molar refractivity (Wildman–Crippen MR) is 82.9 cm³/mol. The van der Waals surface area contributed by atoms with E-state index in [1.807, 2.05) is 12.1 Å². The molecule has 1 rings (SSSR count). The van der Waals surface area contributed by atoms with Gasteiger partial charge in [-0.15, -0.1) is 0 Å². The number of nitrogens with one attached hydrogen (secondary N) is 1. The van der Waals surface area contributed by atoms with Gasteiger partial charge < -0.3 is 10.1 Å². The summed E-state index contributed by atoms with van der Waals surface area (Å²) >= 11 is 0. The Morgan fingerprint density at radius 2 is 1.79 bits per heavy atom. The normalized spacial score (nSPS) is 13.3. The summed E-state index contributed by atoms with van der Waals surface area (Å²) in [5.41, 5.74) is 1.73. The fourth-order valence-electron chi connectivity index (χ4n) is 2.37. The Morgan fingerprint density at radius 3 is 2.26 bits per heavy atom. The molecular formula is C17H29NO. The first-order valence-electron chi connectivity index (χ1n) is 7.39. The molecule has 1 N–H and O–H groups in total. The van der Waals surface area contributed by atoms with Crippen LogP contribution in [-0.2, 0) is 6.42 Å². The van der Waals surface area contributed by atoms with E-state index >= 15 is 0 Å². The Labute approximate surface area is 118 Å². The molecule has 1 atom stereocenters. The minimum Gasteiger partial charge on any atom is -0.497 e. The number of hydrogen-bond donors (Lipinski definition) is 1. The van der Waals surface area contributed by atoms with Crippen LogP contribution >= 0.6 is 0 Å². The van der Waals surface area contributed by atoms with E-state index in [0.29, 0.717) is 11.5 Å². The number of aryl methyl sites for hydroxylation is 1. The first kappa shape index (κ1) is 16.0. The van der Waals surface area contributed by atoms with E-state index in [-0.39, 0.29) is 0 Å². The Hall–Kier alpha value is -1.02. The van der Waals surface area contributed by atoms with Gasteiger partial charge in [0.25, 0.3) is 0 Å². The van der Waals surface area contributed by atoms with Crippen molar-refractivity contribution in [3.8, 4) is 5.75 Å². The van der Waals surface area contributed by atoms with Crippen molar-refractivity contribution in [2.24, 2.45) is 5.41 Å². The van der Waals surface area contributed by atoms with Crippen LogP contribution in [-0.4, -0.2) is 19.7 Å². The van der Waals surface area contributed by atoms with E-state index in [4.69, 9.17) is 4.74 Å². The summed E-state index contributed by atoms with van der Waals surface area (Å²) in [5.74, 6) is 0.931. The second-order valence-corrected chi connectivity index (χ2v) is 5.84. The lowest BCUT2D eigenvalue weighted by Gasteiger charge is -2.34. The van der Waals surface area contributed by atoms with Gasteiger partial charge in [0.1, 0.15) is 5.75 Å². The molecule has 0 saturated heterocycles. The van der Waals surface area contributed by atoms with E-state index in [1.54, 1.807) is 7.11 Å². The van der Waals surface area contributed by atoms with Gasteiger partial charge in [-0.05, 0) is 48.9 Å². The Morgan fingerprint density at radius 1 is 1.16 bits per heavy atom. The third-order valence-electron chi connectivity index (χ3n) is 4.19. The van der Waals surface area contributed by atoms with Crippen LogP contribution in [0.5, 0.6) is 5.75 Å². The number of rotatable bonds is 8. The average molecular weight is 263 g/mol. The molecule has 0 aliphatic carbocycles. The van der Waals surface area contributed by atoms with Crippen molar-refractivity contribution < 1.29 is 4.74 Å². The first-order chi connectivity index (χ1) is 9.03. The zero-order valence-electron chi connectivity index (χ0n) is 13.1. The highest BCUT2D eigenvalue weighted by Gasteiger charge is 2.26. The lowest BCUT2D eigenvalue weighted by atomic mass is 9.79. The molecule has 2 heteroatoms. The molecule has 1 aromatic rings. The monoisotopic (exact) mass is 263 g/mol. The third kappa shape index (κ3) is 4.87. The highest BCUT2D eigenvalue weighted by Crippen LogP contribution is 2.28. The fraction of sp³-hybridized carbons (Fsp3) is 0.647. The highest BCUT2D eigenvalue weighted by atomic mass is 16.5. The smallest absolute Gasteiger partial charge is 0.118 e. The largest absolute Gasteiger partial charge is 0.497 e. The molecule has 0 aliphatic rings. The molecule has 0 bridgehead atoms. The first-order valence-corrected chi connectivity index (χ1v) is 7.39. The molecule has 0 amide bonds. The number of ether oxygens (including phenoxy) is 1. The van der Waals surface area contributed by atoms with Crippen molar-refractivity contribution >= 4 is 0 Å². The van der Waals surface area contributed by atoms with Gasteiger partial charge in [-0.2, -0.15) is 0 Å². The lowest BCUT2D eigenvalue weighted by molar-refractivity contribution is 0.223. The van der Waals surface area contributed by atoms with Crippen LogP contribution < -0.4 is 10.1 Å². The van der Waals surface area contributed by atoms with Crippen LogP contribution in [0.4, 0.5) is 0 Å². The summed E-state index contributed by atoms with van der Waals surface area (Å²) < 4.78 is 5.19. The summed E-state index contributed by atoms with van der Waals surface area (Å²) in [4.78, 5) is 0. The molecule has 1 aromatic carbocycles. The molecule has 108 valence electrons. The summed E-state index contributed by atoms with van der Waals surface area (Å²) in [6.07, 6.45) is 3.50. The average Bonchev–Trinajstić information content (AvgIpc) is 2.43. The summed E-state index contributed by atoms with van der Waals surface area (Å²) in [6, 6.07) is 9.00. The third-order valence-corrected chi connectivity index (χ3v) is 4.19. The zero-order valence-corrected chi connectivity index (χ0v) is 13.1. The molecule has 0 aromatic heterocycles. The summed E-state index contributed by atoms with van der Waals surface area (Å²) in [6.45, 7) is 10.2. The minimum atomic E-state index is 0.350. The van der Waals surface area contributed by atoms with Gasteiger partial charge in [0.15, 0.2) is 0 Å². The standard InChI is InChI=1S/C17H29NO/c1-6-17(3,4)16(18-7-2)13-10-14-8-11-15(19-5)12-9-14/h8-9,11-12,16,18H,6-7,10,13H2,1-5H3. The van der Waals surface area contributed by atoms with Gasteiger partial charge in [-0.3, -0.25) is 0 Å². The SMILES string of the molecule is CCNC(CCc1ccc(OC)cc1)C(C)(C)CC. The van der Waals surface area contributed by atoms with Crippen LogP contribution in [0.1, 0.15) is 46.1 Å². The number of benzene rings is 1. The fourth-order valence-corrected chi connectivity index (χ4v) is 2.37. The Bertz CT molecular complexity index is 356. The van der Waals surface area contributed by atoms with E-state index in [2.05, 4.69) is 45.1 Å². The van der Waals surface area contributed by atoms with Gasteiger partial charge in [0, 0.05) is 6.04 Å². The van der Waals surface area contributed by atoms with Crippen LogP contribution in [0, 0.1) is 5.41 Å². The summed E-state index contributed by atoms with van der Waals surface area (Å²) in [5, 5.41) is 3.64. The number of methoxy groups -OCH3 is 1. The maximum Gasteiger partial charge on any atom is 0.118 e. The van der Waals surface area contributed by atoms with Gasteiger partial charge in [0.2, 0.25) is 0 Å². The molecule has 1 unspecified atom stereocenters. The molecule has 19 heavy (non-hydrogen) atoms. The lowest BCUT2D eigenvalue weighted by Crippen LogP contribution is -2.41. The zero-order chi connectivity index (χ0) is 14.3. The maximum atomic E-state index is 5.19. The quantitative estimate of drug-likeness (QED) is 0.764. The number of hydrogen-bond acceptors (Lipinski definition) is 2. The topological polar surface area (TPSA) is 21.3 Å². The van der Waals surface area contributed by atoms with Crippen molar-refractivity contribution in [3.05, 3.63) is 29.8 Å². The van der Waals surface area contributed by atoms with Crippen molar-refractivity contribution in [1.29, 1.82) is 0 Å². The maximum absolute atomic E-state index is 5.19. The molecule has 0 heterocycles. The molecule has 0 aliphatic heterocycles. The van der Waals surface area contributed by atoms with Crippen molar-refractivity contribution in [2.75, 3.05) is 13.7 Å². The molecule has 0 radical (unpaired) electrons. The summed E-state index contributed by atoms with van der Waals surface area (Å²) in [7, 11) is 1.71. The molecule has 2 nitrogen and oxygen atoms in total. The van der Waals surface area contributed by atoms with E-state index in [0.717, 1.165) is 18.7 Å². The second kappa shape index (κ2) is 7.54. The van der Waals surface area contributed by atoms with Crippen molar-refractivity contribution in [1.82, 2.24) is 5.32 Å².